The van der Waals surface area contributed by atoms with E-state index in [0.29, 0.717) is 0 Å². The van der Waals surface area contributed by atoms with Gasteiger partial charge in [0.15, 0.2) is 6.61 Å². The number of benzene rings is 2. The smallest absolute Gasteiger partial charge is 0.206 e. The van der Waals surface area contributed by atoms with Crippen LogP contribution in [0.2, 0.25) is 0 Å². The number of hydrogen-bond donors (Lipinski definition) is 0. The number of hydrogen-bond acceptors (Lipinski definition) is 2. The molecule has 0 radical (unpaired) electrons. The molecule has 6 heteroatoms. The van der Waals surface area contributed by atoms with Gasteiger partial charge in [0.05, 0.1) is 10.0 Å². The van der Waals surface area contributed by atoms with E-state index in [1.807, 2.05) is 0 Å². The lowest BCUT2D eigenvalue weighted by molar-refractivity contribution is 0.0913. The Kier molecular flexibility index (Phi) is 4.44. The summed E-state index contributed by atoms with van der Waals surface area (Å²) in [6.07, 6.45) is 0. The second-order valence-electron chi connectivity index (χ2n) is 3.88. The Balaban J connectivity index is 2.11. The first-order valence-electron chi connectivity index (χ1n) is 5.54. The Morgan fingerprint density at radius 1 is 1.05 bits per heavy atom. The number of ketones is 1. The molecule has 0 aliphatic rings. The molecule has 0 aliphatic carbocycles. The highest BCUT2D eigenvalue weighted by atomic mass is 79.9. The van der Waals surface area contributed by atoms with Crippen LogP contribution < -0.4 is 4.74 Å². The lowest BCUT2D eigenvalue weighted by Crippen LogP contribution is -2.15. The molecule has 0 unspecified atom stereocenters. The summed E-state index contributed by atoms with van der Waals surface area (Å²) >= 11 is 2.96. The summed E-state index contributed by atoms with van der Waals surface area (Å²) in [7, 11) is 0. The van der Waals surface area contributed by atoms with E-state index >= 15 is 0 Å². The first-order chi connectivity index (χ1) is 9.49. The molecule has 0 N–H and O–H groups in total. The second-order valence-corrected chi connectivity index (χ2v) is 4.74. The van der Waals surface area contributed by atoms with Crippen LogP contribution in [0.15, 0.2) is 40.9 Å². The van der Waals surface area contributed by atoms with Crippen LogP contribution in [0, 0.1) is 17.5 Å². The number of carbonyl (C=O) groups excluding carboxylic acids is 1. The van der Waals surface area contributed by atoms with E-state index in [0.717, 1.165) is 18.2 Å². The monoisotopic (exact) mass is 344 g/mol. The predicted octanol–water partition coefficient (Wildman–Crippen LogP) is 4.13. The number of carbonyl (C=O) groups is 1. The maximum Gasteiger partial charge on any atom is 0.206 e. The number of rotatable bonds is 4. The Hall–Kier alpha value is -1.82. The quantitative estimate of drug-likeness (QED) is 0.779. The molecule has 104 valence electrons. The lowest BCUT2D eigenvalue weighted by atomic mass is 10.1. The Morgan fingerprint density at radius 2 is 1.70 bits per heavy atom. The van der Waals surface area contributed by atoms with Crippen LogP contribution in [0.3, 0.4) is 0 Å². The van der Waals surface area contributed by atoms with Crippen molar-refractivity contribution >= 4 is 21.7 Å². The van der Waals surface area contributed by atoms with Crippen molar-refractivity contribution in [2.24, 2.45) is 0 Å². The van der Waals surface area contributed by atoms with Crippen molar-refractivity contribution in [3.63, 3.8) is 0 Å². The lowest BCUT2D eigenvalue weighted by Gasteiger charge is -2.07. The fourth-order valence-corrected chi connectivity index (χ4v) is 1.91. The third-order valence-corrected chi connectivity index (χ3v) is 3.11. The molecule has 2 aromatic carbocycles. The van der Waals surface area contributed by atoms with Crippen LogP contribution >= 0.6 is 15.9 Å². The standard InChI is InChI=1S/C14H8BrF3O2/c15-9-6-8(4-5-10(9)16)20-7-13(19)14-11(17)2-1-3-12(14)18/h1-6H,7H2. The van der Waals surface area contributed by atoms with E-state index in [9.17, 15) is 18.0 Å². The van der Waals surface area contributed by atoms with Crippen molar-refractivity contribution in [3.8, 4) is 5.75 Å². The molecule has 2 nitrogen and oxygen atoms in total. The van der Waals surface area contributed by atoms with Gasteiger partial charge in [-0.25, -0.2) is 13.2 Å². The Labute approximate surface area is 121 Å². The molecule has 0 aliphatic heterocycles. The minimum absolute atomic E-state index is 0.166. The zero-order chi connectivity index (χ0) is 14.7. The summed E-state index contributed by atoms with van der Waals surface area (Å²) in [4.78, 5) is 11.7. The van der Waals surface area contributed by atoms with Gasteiger partial charge in [-0.3, -0.25) is 4.79 Å². The Bertz CT molecular complexity index is 639. The maximum atomic E-state index is 13.4. The van der Waals surface area contributed by atoms with E-state index in [1.165, 1.54) is 18.2 Å². The van der Waals surface area contributed by atoms with Crippen molar-refractivity contribution in [2.45, 2.75) is 0 Å². The molecule has 0 bridgehead atoms. The highest BCUT2D eigenvalue weighted by Gasteiger charge is 2.17. The molecule has 0 saturated heterocycles. The van der Waals surface area contributed by atoms with Crippen LogP contribution in [0.4, 0.5) is 13.2 Å². The predicted molar refractivity (Wildman–Crippen MR) is 70.3 cm³/mol. The molecular formula is C14H8BrF3O2. The van der Waals surface area contributed by atoms with E-state index in [2.05, 4.69) is 15.9 Å². The summed E-state index contributed by atoms with van der Waals surface area (Å²) in [5.41, 5.74) is -0.645. The topological polar surface area (TPSA) is 26.3 Å². The van der Waals surface area contributed by atoms with Gasteiger partial charge in [-0.1, -0.05) is 6.07 Å². The summed E-state index contributed by atoms with van der Waals surface area (Å²) in [5.74, 6) is -2.99. The molecule has 0 spiro atoms. The van der Waals surface area contributed by atoms with Crippen molar-refractivity contribution < 1.29 is 22.7 Å². The van der Waals surface area contributed by atoms with E-state index in [-0.39, 0.29) is 10.2 Å². The van der Waals surface area contributed by atoms with Gasteiger partial charge >= 0.3 is 0 Å². The van der Waals surface area contributed by atoms with Gasteiger partial charge < -0.3 is 4.74 Å². The fourth-order valence-electron chi connectivity index (χ4n) is 1.55. The van der Waals surface area contributed by atoms with Gasteiger partial charge in [-0.2, -0.15) is 0 Å². The number of ether oxygens (including phenoxy) is 1. The average molecular weight is 345 g/mol. The van der Waals surface area contributed by atoms with Gasteiger partial charge in [-0.05, 0) is 46.3 Å². The second kappa shape index (κ2) is 6.09. The van der Waals surface area contributed by atoms with Crippen LogP contribution in [-0.4, -0.2) is 12.4 Å². The Morgan fingerprint density at radius 3 is 2.30 bits per heavy atom. The number of Topliss-reactive ketones (excluding diaryl/α,β-unsaturated/α-hetero) is 1. The highest BCUT2D eigenvalue weighted by molar-refractivity contribution is 9.10. The van der Waals surface area contributed by atoms with Gasteiger partial charge in [-0.15, -0.1) is 0 Å². The SMILES string of the molecule is O=C(COc1ccc(F)c(Br)c1)c1c(F)cccc1F. The van der Waals surface area contributed by atoms with Crippen molar-refractivity contribution in [1.82, 2.24) is 0 Å². The highest BCUT2D eigenvalue weighted by Crippen LogP contribution is 2.22. The van der Waals surface area contributed by atoms with E-state index < -0.39 is 35.4 Å². The fraction of sp³-hybridized carbons (Fsp3) is 0.0714. The van der Waals surface area contributed by atoms with Crippen LogP contribution in [-0.2, 0) is 0 Å². The molecule has 0 heterocycles. The average Bonchev–Trinajstić information content (AvgIpc) is 2.40. The normalized spacial score (nSPS) is 10.4. The summed E-state index contributed by atoms with van der Waals surface area (Å²) in [6.45, 7) is -0.546. The molecule has 0 atom stereocenters. The zero-order valence-electron chi connectivity index (χ0n) is 10.00. The third-order valence-electron chi connectivity index (χ3n) is 2.50. The number of halogens is 4. The van der Waals surface area contributed by atoms with E-state index in [4.69, 9.17) is 4.74 Å². The zero-order valence-corrected chi connectivity index (χ0v) is 11.6. The van der Waals surface area contributed by atoms with Crippen LogP contribution in [0.1, 0.15) is 10.4 Å². The molecule has 0 fully saturated rings. The van der Waals surface area contributed by atoms with Gasteiger partial charge in [0.2, 0.25) is 5.78 Å². The van der Waals surface area contributed by atoms with Crippen LogP contribution in [0.25, 0.3) is 0 Å². The summed E-state index contributed by atoms with van der Waals surface area (Å²) in [6, 6.07) is 6.92. The van der Waals surface area contributed by atoms with Crippen LogP contribution in [0.5, 0.6) is 5.75 Å². The van der Waals surface area contributed by atoms with E-state index in [1.54, 1.807) is 0 Å². The van der Waals surface area contributed by atoms with Crippen molar-refractivity contribution in [2.75, 3.05) is 6.61 Å². The first kappa shape index (κ1) is 14.6. The molecule has 2 aromatic rings. The van der Waals surface area contributed by atoms with Gasteiger partial charge in [0.25, 0.3) is 0 Å². The molecule has 20 heavy (non-hydrogen) atoms. The minimum Gasteiger partial charge on any atom is -0.485 e. The van der Waals surface area contributed by atoms with Crippen molar-refractivity contribution in [3.05, 3.63) is 63.9 Å². The summed E-state index contributed by atoms with van der Waals surface area (Å²) in [5, 5.41) is 0. The third kappa shape index (κ3) is 3.19. The summed E-state index contributed by atoms with van der Waals surface area (Å²) < 4.78 is 45.0. The molecule has 0 aromatic heterocycles. The first-order valence-corrected chi connectivity index (χ1v) is 6.33. The molecule has 0 amide bonds. The van der Waals surface area contributed by atoms with Gasteiger partial charge in [0.1, 0.15) is 23.2 Å². The molecular weight excluding hydrogens is 337 g/mol. The molecule has 2 rings (SSSR count). The molecule has 0 saturated carbocycles. The maximum absolute atomic E-state index is 13.4. The van der Waals surface area contributed by atoms with Gasteiger partial charge in [0, 0.05) is 0 Å². The minimum atomic E-state index is -0.945. The van der Waals surface area contributed by atoms with Crippen molar-refractivity contribution in [1.29, 1.82) is 0 Å². The largest absolute Gasteiger partial charge is 0.485 e.